The van der Waals surface area contributed by atoms with E-state index in [2.05, 4.69) is 21.2 Å². The zero-order valence-electron chi connectivity index (χ0n) is 23.8. The molecule has 0 aliphatic heterocycles. The van der Waals surface area contributed by atoms with Gasteiger partial charge in [0.1, 0.15) is 24.1 Å². The van der Waals surface area contributed by atoms with E-state index in [-0.39, 0.29) is 34.7 Å². The van der Waals surface area contributed by atoms with Gasteiger partial charge in [-0.05, 0) is 66.9 Å². The van der Waals surface area contributed by atoms with Gasteiger partial charge in [-0.2, -0.15) is 0 Å². The van der Waals surface area contributed by atoms with Crippen LogP contribution in [-0.4, -0.2) is 58.5 Å². The summed E-state index contributed by atoms with van der Waals surface area (Å²) in [7, 11) is -1.32. The highest BCUT2D eigenvalue weighted by molar-refractivity contribution is 9.10. The molecule has 3 aromatic carbocycles. The Morgan fingerprint density at radius 1 is 0.902 bits per heavy atom. The third kappa shape index (κ3) is 8.23. The van der Waals surface area contributed by atoms with Crippen LogP contribution in [0.3, 0.4) is 0 Å². The van der Waals surface area contributed by atoms with Crippen LogP contribution in [0.25, 0.3) is 0 Å². The third-order valence-electron chi connectivity index (χ3n) is 6.40. The van der Waals surface area contributed by atoms with Gasteiger partial charge in [-0.25, -0.2) is 8.42 Å². The second-order valence-electron chi connectivity index (χ2n) is 9.82. The second kappa shape index (κ2) is 14.4. The first-order chi connectivity index (χ1) is 19.5. The molecule has 11 heteroatoms. The highest BCUT2D eigenvalue weighted by Gasteiger charge is 2.33. The average molecular weight is 647 g/mol. The summed E-state index contributed by atoms with van der Waals surface area (Å²) in [6, 6.07) is 19.0. The minimum absolute atomic E-state index is 0.0285. The number of methoxy groups -OCH3 is 2. The first kappa shape index (κ1) is 32.0. The third-order valence-corrected chi connectivity index (χ3v) is 8.70. The lowest BCUT2D eigenvalue weighted by atomic mass is 10.1. The molecule has 41 heavy (non-hydrogen) atoms. The van der Waals surface area contributed by atoms with Crippen LogP contribution in [0.1, 0.15) is 26.3 Å². The topological polar surface area (TPSA) is 105 Å². The summed E-state index contributed by atoms with van der Waals surface area (Å²) in [4.78, 5) is 28.5. The number of hydrogen-bond acceptors (Lipinski definition) is 6. The fraction of sp³-hybridized carbons (Fsp3) is 0.333. The number of rotatable bonds is 13. The molecule has 0 radical (unpaired) electrons. The minimum Gasteiger partial charge on any atom is -0.497 e. The van der Waals surface area contributed by atoms with Gasteiger partial charge in [0.2, 0.25) is 11.8 Å². The van der Waals surface area contributed by atoms with Crippen molar-refractivity contribution in [2.75, 3.05) is 31.6 Å². The number of hydrogen-bond donors (Lipinski definition) is 1. The van der Waals surface area contributed by atoms with Crippen molar-refractivity contribution in [1.82, 2.24) is 10.2 Å². The number of carbonyl (C=O) groups is 2. The fourth-order valence-corrected chi connectivity index (χ4v) is 5.73. The Morgan fingerprint density at radius 2 is 1.54 bits per heavy atom. The van der Waals surface area contributed by atoms with Gasteiger partial charge >= 0.3 is 0 Å². The van der Waals surface area contributed by atoms with E-state index in [9.17, 15) is 18.0 Å². The highest BCUT2D eigenvalue weighted by atomic mass is 79.9. The number of benzene rings is 3. The van der Waals surface area contributed by atoms with Gasteiger partial charge in [-0.3, -0.25) is 13.9 Å². The van der Waals surface area contributed by atoms with Crippen LogP contribution < -0.4 is 19.1 Å². The maximum atomic E-state index is 14.0. The molecule has 0 heterocycles. The number of sulfonamides is 1. The smallest absolute Gasteiger partial charge is 0.264 e. The second-order valence-corrected chi connectivity index (χ2v) is 12.6. The van der Waals surface area contributed by atoms with Crippen molar-refractivity contribution in [3.63, 3.8) is 0 Å². The standard InChI is InChI=1S/C30H36BrN3O6S/c1-21(2)18-32-30(36)22(3)33(19-23-10-12-24(31)13-11-23)29(35)20-34(27-8-6-7-9-28(27)40-5)41(37,38)26-16-14-25(39-4)15-17-26/h6-17,21-22H,18-20H2,1-5H3,(H,32,36)/t22-/m1/s1. The Labute approximate surface area is 250 Å². The van der Waals surface area contributed by atoms with Gasteiger partial charge in [0.25, 0.3) is 10.0 Å². The molecule has 0 aliphatic carbocycles. The molecule has 220 valence electrons. The van der Waals surface area contributed by atoms with Gasteiger partial charge in [0.15, 0.2) is 0 Å². The average Bonchev–Trinajstić information content (AvgIpc) is 2.97. The lowest BCUT2D eigenvalue weighted by molar-refractivity contribution is -0.139. The van der Waals surface area contributed by atoms with E-state index in [1.54, 1.807) is 31.2 Å². The molecule has 0 aromatic heterocycles. The normalized spacial score (nSPS) is 12.0. The van der Waals surface area contributed by atoms with Crippen molar-refractivity contribution in [3.05, 3.63) is 82.8 Å². The number of nitrogens with zero attached hydrogens (tertiary/aromatic N) is 2. The van der Waals surface area contributed by atoms with Gasteiger partial charge < -0.3 is 19.7 Å². The fourth-order valence-electron chi connectivity index (χ4n) is 4.05. The van der Waals surface area contributed by atoms with Crippen molar-refractivity contribution in [2.24, 2.45) is 5.92 Å². The molecular formula is C30H36BrN3O6S. The van der Waals surface area contributed by atoms with Crippen LogP contribution in [-0.2, 0) is 26.2 Å². The molecule has 1 atom stereocenters. The Balaban J connectivity index is 2.05. The SMILES string of the molecule is COc1ccc(S(=O)(=O)N(CC(=O)N(Cc2ccc(Br)cc2)[C@H](C)C(=O)NCC(C)C)c2ccccc2OC)cc1. The summed E-state index contributed by atoms with van der Waals surface area (Å²) in [6.07, 6.45) is 0. The Bertz CT molecular complexity index is 1430. The molecule has 0 saturated carbocycles. The molecule has 0 unspecified atom stereocenters. The predicted octanol–water partition coefficient (Wildman–Crippen LogP) is 4.85. The van der Waals surface area contributed by atoms with E-state index in [1.165, 1.54) is 43.4 Å². The van der Waals surface area contributed by atoms with Crippen LogP contribution in [0.4, 0.5) is 5.69 Å². The number of nitrogens with one attached hydrogen (secondary N) is 1. The van der Waals surface area contributed by atoms with E-state index in [1.807, 2.05) is 38.1 Å². The van der Waals surface area contributed by atoms with Crippen LogP contribution in [0.5, 0.6) is 11.5 Å². The van der Waals surface area contributed by atoms with Gasteiger partial charge in [0.05, 0.1) is 24.8 Å². The molecule has 3 aromatic rings. The van der Waals surface area contributed by atoms with E-state index < -0.39 is 28.5 Å². The number of halogens is 1. The van der Waals surface area contributed by atoms with Crippen LogP contribution >= 0.6 is 15.9 Å². The van der Waals surface area contributed by atoms with Crippen molar-refractivity contribution >= 4 is 43.5 Å². The molecule has 0 fully saturated rings. The molecule has 0 aliphatic rings. The maximum Gasteiger partial charge on any atom is 0.264 e. The Hall–Kier alpha value is -3.57. The minimum atomic E-state index is -4.24. The van der Waals surface area contributed by atoms with Crippen LogP contribution in [0.15, 0.2) is 82.2 Å². The van der Waals surface area contributed by atoms with Gasteiger partial charge in [0, 0.05) is 17.6 Å². The van der Waals surface area contributed by atoms with Gasteiger partial charge in [-0.1, -0.05) is 54.0 Å². The number of ether oxygens (including phenoxy) is 2. The van der Waals surface area contributed by atoms with E-state index in [4.69, 9.17) is 9.47 Å². The summed E-state index contributed by atoms with van der Waals surface area (Å²) in [5.41, 5.74) is 0.978. The highest BCUT2D eigenvalue weighted by Crippen LogP contribution is 2.33. The number of amides is 2. The van der Waals surface area contributed by atoms with E-state index >= 15 is 0 Å². The Morgan fingerprint density at radius 3 is 2.12 bits per heavy atom. The summed E-state index contributed by atoms with van der Waals surface area (Å²) in [6.45, 7) is 5.58. The van der Waals surface area contributed by atoms with Crippen LogP contribution in [0.2, 0.25) is 0 Å². The molecule has 0 bridgehead atoms. The predicted molar refractivity (Wildman–Crippen MR) is 163 cm³/mol. The van der Waals surface area contributed by atoms with E-state index in [0.29, 0.717) is 12.3 Å². The first-order valence-corrected chi connectivity index (χ1v) is 15.3. The number of carbonyl (C=O) groups excluding carboxylic acids is 2. The van der Waals surface area contributed by atoms with E-state index in [0.717, 1.165) is 14.3 Å². The van der Waals surface area contributed by atoms with Crippen molar-refractivity contribution in [2.45, 2.75) is 38.3 Å². The summed E-state index contributed by atoms with van der Waals surface area (Å²) >= 11 is 3.41. The summed E-state index contributed by atoms with van der Waals surface area (Å²) in [5, 5.41) is 2.88. The summed E-state index contributed by atoms with van der Waals surface area (Å²) in [5.74, 6) is 0.108. The quantitative estimate of drug-likeness (QED) is 0.285. The van der Waals surface area contributed by atoms with Crippen molar-refractivity contribution in [1.29, 1.82) is 0 Å². The zero-order valence-corrected chi connectivity index (χ0v) is 26.2. The Kier molecular flexibility index (Phi) is 11.2. The molecular weight excluding hydrogens is 610 g/mol. The number of anilines is 1. The molecule has 3 rings (SSSR count). The number of para-hydroxylation sites is 2. The lowest BCUT2D eigenvalue weighted by Gasteiger charge is -2.32. The first-order valence-electron chi connectivity index (χ1n) is 13.1. The van der Waals surface area contributed by atoms with Crippen LogP contribution in [0, 0.1) is 5.92 Å². The van der Waals surface area contributed by atoms with Gasteiger partial charge in [-0.15, -0.1) is 0 Å². The molecule has 1 N–H and O–H groups in total. The largest absolute Gasteiger partial charge is 0.497 e. The molecule has 9 nitrogen and oxygen atoms in total. The molecule has 0 spiro atoms. The monoisotopic (exact) mass is 645 g/mol. The molecule has 0 saturated heterocycles. The maximum absolute atomic E-state index is 14.0. The summed E-state index contributed by atoms with van der Waals surface area (Å²) < 4.78 is 40.5. The van der Waals surface area contributed by atoms with Crippen molar-refractivity contribution in [3.8, 4) is 11.5 Å². The zero-order chi connectivity index (χ0) is 30.2. The van der Waals surface area contributed by atoms with Crippen molar-refractivity contribution < 1.29 is 27.5 Å². The lowest BCUT2D eigenvalue weighted by Crippen LogP contribution is -2.51. The molecule has 2 amide bonds.